The first kappa shape index (κ1) is 15.0. The fourth-order valence-electron chi connectivity index (χ4n) is 2.10. The van der Waals surface area contributed by atoms with Gasteiger partial charge in [0.05, 0.1) is 0 Å². The first-order valence-electron chi connectivity index (χ1n) is 7.18. The first-order chi connectivity index (χ1) is 8.69. The Morgan fingerprint density at radius 1 is 1.22 bits per heavy atom. The Morgan fingerprint density at radius 2 is 1.94 bits per heavy atom. The van der Waals surface area contributed by atoms with Crippen LogP contribution in [0.5, 0.6) is 0 Å². The number of aromatic nitrogens is 2. The third-order valence-corrected chi connectivity index (χ3v) is 3.34. The van der Waals surface area contributed by atoms with Crippen LogP contribution in [0.25, 0.3) is 0 Å². The summed E-state index contributed by atoms with van der Waals surface area (Å²) in [5.41, 5.74) is 0.0953. The predicted octanol–water partition coefficient (Wildman–Crippen LogP) is 2.23. The highest BCUT2D eigenvalue weighted by molar-refractivity contribution is 4.81. The molecule has 0 bridgehead atoms. The number of aryl methyl sites for hydroxylation is 1. The average molecular weight is 253 g/mol. The van der Waals surface area contributed by atoms with Gasteiger partial charge >= 0.3 is 5.69 Å². The molecule has 104 valence electrons. The fraction of sp³-hybridized carbons (Fsp3) is 0.786. The highest BCUT2D eigenvalue weighted by Gasteiger charge is 2.03. The van der Waals surface area contributed by atoms with Gasteiger partial charge in [0.25, 0.3) is 0 Å². The highest BCUT2D eigenvalue weighted by atomic mass is 16.1. The van der Waals surface area contributed by atoms with Crippen LogP contribution in [0.4, 0.5) is 0 Å². The van der Waals surface area contributed by atoms with Crippen LogP contribution < -0.4 is 11.0 Å². The maximum Gasteiger partial charge on any atom is 0.328 e. The van der Waals surface area contributed by atoms with E-state index in [4.69, 9.17) is 0 Å². The molecule has 1 atom stereocenters. The van der Waals surface area contributed by atoms with E-state index in [2.05, 4.69) is 19.2 Å². The highest BCUT2D eigenvalue weighted by Crippen LogP contribution is 2.02. The molecule has 0 fully saturated rings. The van der Waals surface area contributed by atoms with Gasteiger partial charge in [-0.3, -0.25) is 9.13 Å². The minimum Gasteiger partial charge on any atom is -0.312 e. The molecule has 4 nitrogen and oxygen atoms in total. The molecule has 0 radical (unpaired) electrons. The van der Waals surface area contributed by atoms with Gasteiger partial charge in [-0.15, -0.1) is 0 Å². The number of unbranched alkanes of at least 4 members (excludes halogenated alkanes) is 2. The summed E-state index contributed by atoms with van der Waals surface area (Å²) in [5, 5.41) is 3.48. The summed E-state index contributed by atoms with van der Waals surface area (Å²) in [7, 11) is 0. The molecule has 4 heteroatoms. The zero-order valence-electron chi connectivity index (χ0n) is 12.0. The van der Waals surface area contributed by atoms with Crippen molar-refractivity contribution in [3.63, 3.8) is 0 Å². The number of nitrogens with one attached hydrogen (secondary N) is 1. The lowest BCUT2D eigenvalue weighted by Crippen LogP contribution is -2.32. The lowest BCUT2D eigenvalue weighted by molar-refractivity contribution is 0.466. The van der Waals surface area contributed by atoms with Crippen molar-refractivity contribution in [2.75, 3.05) is 6.54 Å². The van der Waals surface area contributed by atoms with Crippen LogP contribution in [0.3, 0.4) is 0 Å². The van der Waals surface area contributed by atoms with Gasteiger partial charge in [0, 0.05) is 38.1 Å². The Balaban J connectivity index is 2.24. The van der Waals surface area contributed by atoms with Crippen LogP contribution in [0.1, 0.15) is 46.5 Å². The van der Waals surface area contributed by atoms with Gasteiger partial charge in [0.15, 0.2) is 0 Å². The van der Waals surface area contributed by atoms with Crippen molar-refractivity contribution < 1.29 is 0 Å². The molecule has 1 unspecified atom stereocenters. The van der Waals surface area contributed by atoms with E-state index >= 15 is 0 Å². The zero-order valence-corrected chi connectivity index (χ0v) is 12.0. The summed E-state index contributed by atoms with van der Waals surface area (Å²) in [6, 6.07) is 0.542. The molecule has 0 aliphatic heterocycles. The molecule has 0 saturated carbocycles. The maximum absolute atomic E-state index is 11.8. The van der Waals surface area contributed by atoms with Crippen LogP contribution >= 0.6 is 0 Å². The molecular formula is C14H27N3O. The molecule has 1 heterocycles. The van der Waals surface area contributed by atoms with Gasteiger partial charge in [-0.2, -0.15) is 0 Å². The normalized spacial score (nSPS) is 12.8. The smallest absolute Gasteiger partial charge is 0.312 e. The predicted molar refractivity (Wildman–Crippen MR) is 76.0 cm³/mol. The zero-order chi connectivity index (χ0) is 13.4. The van der Waals surface area contributed by atoms with Crippen molar-refractivity contribution in [1.29, 1.82) is 0 Å². The van der Waals surface area contributed by atoms with Crippen molar-refractivity contribution in [2.24, 2.45) is 0 Å². The number of nitrogens with zero attached hydrogens (tertiary/aromatic N) is 2. The van der Waals surface area contributed by atoms with Gasteiger partial charge in [-0.25, -0.2) is 4.79 Å². The third-order valence-electron chi connectivity index (χ3n) is 3.34. The van der Waals surface area contributed by atoms with Crippen LogP contribution in [-0.4, -0.2) is 21.7 Å². The van der Waals surface area contributed by atoms with Crippen molar-refractivity contribution in [3.05, 3.63) is 22.9 Å². The van der Waals surface area contributed by atoms with Crippen LogP contribution in [0.2, 0.25) is 0 Å². The summed E-state index contributed by atoms with van der Waals surface area (Å²) in [6.45, 7) is 8.79. The van der Waals surface area contributed by atoms with E-state index in [0.717, 1.165) is 19.6 Å². The van der Waals surface area contributed by atoms with Gasteiger partial charge in [-0.05, 0) is 20.3 Å². The van der Waals surface area contributed by atoms with E-state index in [1.807, 2.05) is 19.3 Å². The van der Waals surface area contributed by atoms with E-state index < -0.39 is 0 Å². The van der Waals surface area contributed by atoms with E-state index in [1.54, 1.807) is 9.13 Å². The van der Waals surface area contributed by atoms with Gasteiger partial charge in [0.2, 0.25) is 0 Å². The molecule has 1 aromatic heterocycles. The molecule has 0 saturated heterocycles. The molecule has 0 aliphatic carbocycles. The monoisotopic (exact) mass is 253 g/mol. The van der Waals surface area contributed by atoms with Crippen molar-refractivity contribution in [3.8, 4) is 0 Å². The minimum atomic E-state index is 0.0953. The largest absolute Gasteiger partial charge is 0.328 e. The molecule has 0 amide bonds. The number of hydrogen-bond acceptors (Lipinski definition) is 2. The second kappa shape index (κ2) is 8.14. The Bertz CT molecular complexity index is 381. The Labute approximate surface area is 110 Å². The van der Waals surface area contributed by atoms with E-state index in [9.17, 15) is 4.79 Å². The van der Waals surface area contributed by atoms with E-state index in [0.29, 0.717) is 6.04 Å². The van der Waals surface area contributed by atoms with Crippen molar-refractivity contribution in [1.82, 2.24) is 14.5 Å². The van der Waals surface area contributed by atoms with Gasteiger partial charge in [-0.1, -0.05) is 26.2 Å². The van der Waals surface area contributed by atoms with Crippen molar-refractivity contribution >= 4 is 0 Å². The second-order valence-corrected chi connectivity index (χ2v) is 4.91. The molecule has 0 spiro atoms. The first-order valence-corrected chi connectivity index (χ1v) is 7.18. The molecule has 1 N–H and O–H groups in total. The summed E-state index contributed by atoms with van der Waals surface area (Å²) in [6.07, 6.45) is 8.81. The Kier molecular flexibility index (Phi) is 6.80. The topological polar surface area (TPSA) is 39.0 Å². The lowest BCUT2D eigenvalue weighted by Gasteiger charge is -2.13. The Hall–Kier alpha value is -1.03. The lowest BCUT2D eigenvalue weighted by atomic mass is 10.1. The summed E-state index contributed by atoms with van der Waals surface area (Å²) in [5.74, 6) is 0. The third kappa shape index (κ3) is 4.69. The maximum atomic E-state index is 11.8. The molecular weight excluding hydrogens is 226 g/mol. The SMILES string of the molecule is CCCCCC(C)NCCn1ccn(CC)c1=O. The van der Waals surface area contributed by atoms with Crippen LogP contribution in [0, 0.1) is 0 Å². The number of rotatable bonds is 9. The average Bonchev–Trinajstić information content (AvgIpc) is 2.71. The molecule has 0 aromatic carbocycles. The molecule has 1 aromatic rings. The molecule has 0 aliphatic rings. The summed E-state index contributed by atoms with van der Waals surface area (Å²) < 4.78 is 3.50. The second-order valence-electron chi connectivity index (χ2n) is 4.91. The quantitative estimate of drug-likeness (QED) is 0.685. The van der Waals surface area contributed by atoms with Crippen LogP contribution in [-0.2, 0) is 13.1 Å². The number of hydrogen-bond donors (Lipinski definition) is 1. The van der Waals surface area contributed by atoms with Gasteiger partial charge < -0.3 is 5.32 Å². The van der Waals surface area contributed by atoms with E-state index in [1.165, 1.54) is 25.7 Å². The fourth-order valence-corrected chi connectivity index (χ4v) is 2.10. The van der Waals surface area contributed by atoms with Gasteiger partial charge in [0.1, 0.15) is 0 Å². The standard InChI is InChI=1S/C14H27N3O/c1-4-6-7-8-13(3)15-9-10-17-12-11-16(5-2)14(17)18/h11-13,15H,4-10H2,1-3H3. The Morgan fingerprint density at radius 3 is 2.56 bits per heavy atom. The van der Waals surface area contributed by atoms with E-state index in [-0.39, 0.29) is 5.69 Å². The van der Waals surface area contributed by atoms with Crippen molar-refractivity contribution in [2.45, 2.75) is 65.6 Å². The van der Waals surface area contributed by atoms with Crippen LogP contribution in [0.15, 0.2) is 17.2 Å². The molecule has 1 rings (SSSR count). The number of imidazole rings is 1. The molecule has 18 heavy (non-hydrogen) atoms. The summed E-state index contributed by atoms with van der Waals surface area (Å²) in [4.78, 5) is 11.8. The minimum absolute atomic E-state index is 0.0953. The summed E-state index contributed by atoms with van der Waals surface area (Å²) >= 11 is 0.